The maximum absolute atomic E-state index is 12.9. The molecule has 0 unspecified atom stereocenters. The third-order valence-electron chi connectivity index (χ3n) is 2.48. The Bertz CT molecular complexity index is 525. The fraction of sp³-hybridized carbons (Fsp3) is 0.143. The molecule has 0 aliphatic carbocycles. The summed E-state index contributed by atoms with van der Waals surface area (Å²) < 4.78 is 18.5. The highest BCUT2D eigenvalue weighted by Gasteiger charge is 2.03. The van der Waals surface area contributed by atoms with Crippen LogP contribution in [0.2, 0.25) is 5.02 Å². The Hall–Kier alpha value is -1.54. The van der Waals surface area contributed by atoms with E-state index in [9.17, 15) is 4.39 Å². The molecule has 0 spiro atoms. The van der Waals surface area contributed by atoms with E-state index in [1.807, 2.05) is 31.2 Å². The lowest BCUT2D eigenvalue weighted by atomic mass is 10.2. The lowest BCUT2D eigenvalue weighted by Gasteiger charge is -2.10. The van der Waals surface area contributed by atoms with Gasteiger partial charge >= 0.3 is 0 Å². The van der Waals surface area contributed by atoms with Gasteiger partial charge in [0.05, 0.1) is 0 Å². The number of ether oxygens (including phenoxy) is 1. The van der Waals surface area contributed by atoms with Crippen molar-refractivity contribution in [2.45, 2.75) is 13.5 Å². The number of hydrogen-bond acceptors (Lipinski definition) is 1. The van der Waals surface area contributed by atoms with Crippen LogP contribution < -0.4 is 4.74 Å². The predicted octanol–water partition coefficient (Wildman–Crippen LogP) is 4.37. The number of hydrogen-bond donors (Lipinski definition) is 0. The predicted molar refractivity (Wildman–Crippen MR) is 66.9 cm³/mol. The summed E-state index contributed by atoms with van der Waals surface area (Å²) in [6, 6.07) is 12.0. The van der Waals surface area contributed by atoms with Crippen molar-refractivity contribution in [3.8, 4) is 5.75 Å². The first-order chi connectivity index (χ1) is 8.16. The molecule has 0 aliphatic rings. The second kappa shape index (κ2) is 5.19. The van der Waals surface area contributed by atoms with Crippen molar-refractivity contribution in [2.24, 2.45) is 0 Å². The Labute approximate surface area is 105 Å². The van der Waals surface area contributed by atoms with Crippen LogP contribution in [0.4, 0.5) is 4.39 Å². The number of aryl methyl sites for hydroxylation is 1. The van der Waals surface area contributed by atoms with Crippen molar-refractivity contribution in [3.05, 3.63) is 64.4 Å². The molecule has 2 aromatic rings. The molecular formula is C14H12ClFO. The van der Waals surface area contributed by atoms with Gasteiger partial charge in [0, 0.05) is 10.6 Å². The number of halogens is 2. The van der Waals surface area contributed by atoms with Crippen LogP contribution in [-0.4, -0.2) is 0 Å². The average Bonchev–Trinajstić information content (AvgIpc) is 2.30. The van der Waals surface area contributed by atoms with E-state index in [4.69, 9.17) is 16.3 Å². The van der Waals surface area contributed by atoms with Crippen LogP contribution in [0.1, 0.15) is 11.1 Å². The van der Waals surface area contributed by atoms with Crippen molar-refractivity contribution in [2.75, 3.05) is 0 Å². The summed E-state index contributed by atoms with van der Waals surface area (Å²) in [5.74, 6) is 0.416. The standard InChI is InChI=1S/C14H12ClFO/c1-10-8-12(16)6-7-14(10)17-9-11-4-2-3-5-13(11)15/h2-8H,9H2,1H3. The van der Waals surface area contributed by atoms with Gasteiger partial charge in [0.2, 0.25) is 0 Å². The molecule has 0 aromatic heterocycles. The molecule has 2 aromatic carbocycles. The molecule has 3 heteroatoms. The van der Waals surface area contributed by atoms with E-state index >= 15 is 0 Å². The zero-order valence-electron chi connectivity index (χ0n) is 9.41. The van der Waals surface area contributed by atoms with Crippen molar-refractivity contribution in [1.29, 1.82) is 0 Å². The Kier molecular flexibility index (Phi) is 3.64. The van der Waals surface area contributed by atoms with Crippen molar-refractivity contribution < 1.29 is 9.13 Å². The molecule has 0 saturated carbocycles. The van der Waals surface area contributed by atoms with E-state index < -0.39 is 0 Å². The largest absolute Gasteiger partial charge is 0.489 e. The third kappa shape index (κ3) is 2.98. The molecule has 0 radical (unpaired) electrons. The highest BCUT2D eigenvalue weighted by atomic mass is 35.5. The summed E-state index contributed by atoms with van der Waals surface area (Å²) in [6.45, 7) is 2.19. The van der Waals surface area contributed by atoms with Gasteiger partial charge in [-0.05, 0) is 36.8 Å². The zero-order chi connectivity index (χ0) is 12.3. The van der Waals surface area contributed by atoms with Crippen LogP contribution in [0, 0.1) is 12.7 Å². The van der Waals surface area contributed by atoms with E-state index in [1.165, 1.54) is 12.1 Å². The van der Waals surface area contributed by atoms with Gasteiger partial charge in [-0.25, -0.2) is 4.39 Å². The molecule has 0 saturated heterocycles. The fourth-order valence-electron chi connectivity index (χ4n) is 1.55. The first-order valence-electron chi connectivity index (χ1n) is 5.29. The molecule has 1 nitrogen and oxygen atoms in total. The van der Waals surface area contributed by atoms with Crippen molar-refractivity contribution >= 4 is 11.6 Å². The van der Waals surface area contributed by atoms with E-state index in [2.05, 4.69) is 0 Å². The van der Waals surface area contributed by atoms with Crippen LogP contribution >= 0.6 is 11.6 Å². The molecule has 0 N–H and O–H groups in total. The van der Waals surface area contributed by atoms with Crippen LogP contribution in [0.25, 0.3) is 0 Å². The molecule has 88 valence electrons. The van der Waals surface area contributed by atoms with Crippen LogP contribution in [0.15, 0.2) is 42.5 Å². The van der Waals surface area contributed by atoms with Gasteiger partial charge in [-0.2, -0.15) is 0 Å². The van der Waals surface area contributed by atoms with Crippen LogP contribution in [0.5, 0.6) is 5.75 Å². The summed E-state index contributed by atoms with van der Waals surface area (Å²) in [5, 5.41) is 0.673. The molecule has 0 bridgehead atoms. The molecule has 0 fully saturated rings. The lowest BCUT2D eigenvalue weighted by Crippen LogP contribution is -1.97. The minimum Gasteiger partial charge on any atom is -0.489 e. The van der Waals surface area contributed by atoms with Crippen molar-refractivity contribution in [3.63, 3.8) is 0 Å². The minimum atomic E-state index is -0.257. The molecular weight excluding hydrogens is 239 g/mol. The zero-order valence-corrected chi connectivity index (χ0v) is 10.2. The average molecular weight is 251 g/mol. The van der Waals surface area contributed by atoms with Crippen LogP contribution in [0.3, 0.4) is 0 Å². The van der Waals surface area contributed by atoms with Gasteiger partial charge in [0.25, 0.3) is 0 Å². The molecule has 0 amide bonds. The van der Waals surface area contributed by atoms with E-state index in [0.29, 0.717) is 17.4 Å². The van der Waals surface area contributed by atoms with Gasteiger partial charge in [-0.15, -0.1) is 0 Å². The maximum Gasteiger partial charge on any atom is 0.123 e. The van der Waals surface area contributed by atoms with Gasteiger partial charge in [-0.3, -0.25) is 0 Å². The third-order valence-corrected chi connectivity index (χ3v) is 2.85. The molecule has 2 rings (SSSR count). The van der Waals surface area contributed by atoms with E-state index in [0.717, 1.165) is 11.1 Å². The van der Waals surface area contributed by atoms with Gasteiger partial charge in [0.1, 0.15) is 18.2 Å². The van der Waals surface area contributed by atoms with Crippen LogP contribution in [-0.2, 0) is 6.61 Å². The van der Waals surface area contributed by atoms with Crippen molar-refractivity contribution in [1.82, 2.24) is 0 Å². The minimum absolute atomic E-state index is 0.257. The van der Waals surface area contributed by atoms with Gasteiger partial charge < -0.3 is 4.74 Å². The van der Waals surface area contributed by atoms with Gasteiger partial charge in [-0.1, -0.05) is 29.8 Å². The summed E-state index contributed by atoms with van der Waals surface area (Å²) >= 11 is 6.02. The highest BCUT2D eigenvalue weighted by Crippen LogP contribution is 2.22. The second-order valence-electron chi connectivity index (χ2n) is 3.79. The fourth-order valence-corrected chi connectivity index (χ4v) is 1.74. The molecule has 0 atom stereocenters. The number of rotatable bonds is 3. The van der Waals surface area contributed by atoms with Gasteiger partial charge in [0.15, 0.2) is 0 Å². The summed E-state index contributed by atoms with van der Waals surface area (Å²) in [4.78, 5) is 0. The molecule has 0 aliphatic heterocycles. The Morgan fingerprint density at radius 1 is 1.18 bits per heavy atom. The quantitative estimate of drug-likeness (QED) is 0.786. The Morgan fingerprint density at radius 2 is 1.94 bits per heavy atom. The maximum atomic E-state index is 12.9. The molecule has 17 heavy (non-hydrogen) atoms. The summed E-state index contributed by atoms with van der Waals surface area (Å²) in [7, 11) is 0. The molecule has 0 heterocycles. The first kappa shape index (κ1) is 11.9. The smallest absolute Gasteiger partial charge is 0.123 e. The lowest BCUT2D eigenvalue weighted by molar-refractivity contribution is 0.303. The summed E-state index contributed by atoms with van der Waals surface area (Å²) in [5.41, 5.74) is 1.69. The normalized spacial score (nSPS) is 10.3. The van der Waals surface area contributed by atoms with E-state index in [-0.39, 0.29) is 5.82 Å². The number of benzene rings is 2. The second-order valence-corrected chi connectivity index (χ2v) is 4.20. The topological polar surface area (TPSA) is 9.23 Å². The Morgan fingerprint density at radius 3 is 2.65 bits per heavy atom. The highest BCUT2D eigenvalue weighted by molar-refractivity contribution is 6.31. The SMILES string of the molecule is Cc1cc(F)ccc1OCc1ccccc1Cl. The monoisotopic (exact) mass is 250 g/mol. The summed E-state index contributed by atoms with van der Waals surface area (Å²) in [6.07, 6.45) is 0. The van der Waals surface area contributed by atoms with E-state index in [1.54, 1.807) is 6.07 Å². The Balaban J connectivity index is 2.10. The first-order valence-corrected chi connectivity index (χ1v) is 5.67.